The molecule has 0 aromatic carbocycles. The summed E-state index contributed by atoms with van der Waals surface area (Å²) >= 11 is 0. The van der Waals surface area contributed by atoms with Gasteiger partial charge in [-0.1, -0.05) is 5.16 Å². The fraction of sp³-hybridized carbons (Fsp3) is 0.200. The highest BCUT2D eigenvalue weighted by atomic mass is 16.5. The Morgan fingerprint density at radius 1 is 1.53 bits per heavy atom. The van der Waals surface area contributed by atoms with E-state index < -0.39 is 0 Å². The lowest BCUT2D eigenvalue weighted by molar-refractivity contribution is 0.384. The van der Waals surface area contributed by atoms with Gasteiger partial charge >= 0.3 is 0 Å². The first-order chi connectivity index (χ1) is 7.25. The van der Waals surface area contributed by atoms with Crippen LogP contribution in [-0.2, 0) is 6.54 Å². The van der Waals surface area contributed by atoms with Crippen LogP contribution in [0.2, 0.25) is 0 Å². The summed E-state index contributed by atoms with van der Waals surface area (Å²) < 4.78 is 5.05. The van der Waals surface area contributed by atoms with Crippen LogP contribution in [0, 0.1) is 6.92 Å². The van der Waals surface area contributed by atoms with Gasteiger partial charge in [0.15, 0.2) is 5.76 Å². The third-order valence-corrected chi connectivity index (χ3v) is 1.97. The number of nitrogen functional groups attached to an aromatic ring is 1. The van der Waals surface area contributed by atoms with Gasteiger partial charge in [-0.15, -0.1) is 0 Å². The maximum absolute atomic E-state index is 5.67. The van der Waals surface area contributed by atoms with Gasteiger partial charge in [-0.05, 0) is 19.1 Å². The molecule has 3 N–H and O–H groups in total. The first-order valence-electron chi connectivity index (χ1n) is 4.62. The molecule has 2 aromatic heterocycles. The first-order valence-corrected chi connectivity index (χ1v) is 4.62. The molecule has 2 heterocycles. The molecule has 0 saturated heterocycles. The molecular weight excluding hydrogens is 192 g/mol. The van der Waals surface area contributed by atoms with Gasteiger partial charge < -0.3 is 15.6 Å². The number of nitrogens with one attached hydrogen (secondary N) is 1. The van der Waals surface area contributed by atoms with E-state index in [-0.39, 0.29) is 0 Å². The Kier molecular flexibility index (Phi) is 2.53. The number of rotatable bonds is 3. The van der Waals surface area contributed by atoms with Gasteiger partial charge in [-0.3, -0.25) is 0 Å². The number of hydrogen-bond donors (Lipinski definition) is 2. The summed E-state index contributed by atoms with van der Waals surface area (Å²) in [5.41, 5.74) is 7.33. The van der Waals surface area contributed by atoms with Gasteiger partial charge in [0.2, 0.25) is 0 Å². The predicted octanol–water partition coefficient (Wildman–Crippen LogP) is 1.57. The van der Waals surface area contributed by atoms with E-state index in [1.165, 1.54) is 0 Å². The van der Waals surface area contributed by atoms with Crippen LogP contribution >= 0.6 is 0 Å². The summed E-state index contributed by atoms with van der Waals surface area (Å²) in [5, 5.41) is 6.91. The molecule has 0 amide bonds. The number of aryl methyl sites for hydroxylation is 1. The zero-order valence-corrected chi connectivity index (χ0v) is 8.40. The third kappa shape index (κ3) is 2.25. The molecule has 0 saturated carbocycles. The molecule has 2 aromatic rings. The Bertz CT molecular complexity index is 452. The highest BCUT2D eigenvalue weighted by Crippen LogP contribution is 2.15. The van der Waals surface area contributed by atoms with Crippen molar-refractivity contribution in [2.24, 2.45) is 0 Å². The predicted molar refractivity (Wildman–Crippen MR) is 57.2 cm³/mol. The van der Waals surface area contributed by atoms with Gasteiger partial charge in [0, 0.05) is 12.3 Å². The van der Waals surface area contributed by atoms with E-state index in [1.54, 1.807) is 6.20 Å². The number of anilines is 2. The van der Waals surface area contributed by atoms with Crippen molar-refractivity contribution in [3.63, 3.8) is 0 Å². The van der Waals surface area contributed by atoms with Crippen LogP contribution < -0.4 is 11.1 Å². The van der Waals surface area contributed by atoms with Crippen LogP contribution in [0.25, 0.3) is 0 Å². The van der Waals surface area contributed by atoms with Crippen LogP contribution in [0.5, 0.6) is 0 Å². The fourth-order valence-electron chi connectivity index (χ4n) is 1.25. The zero-order valence-electron chi connectivity index (χ0n) is 8.40. The maximum Gasteiger partial charge on any atom is 0.156 e. The second-order valence-corrected chi connectivity index (χ2v) is 3.22. The van der Waals surface area contributed by atoms with E-state index in [0.717, 1.165) is 17.1 Å². The van der Waals surface area contributed by atoms with E-state index >= 15 is 0 Å². The summed E-state index contributed by atoms with van der Waals surface area (Å²) in [6, 6.07) is 5.56. The minimum atomic E-state index is 0.480. The van der Waals surface area contributed by atoms with Gasteiger partial charge in [-0.25, -0.2) is 4.98 Å². The molecule has 0 aliphatic heterocycles. The summed E-state index contributed by atoms with van der Waals surface area (Å²) in [4.78, 5) is 3.97. The van der Waals surface area contributed by atoms with Crippen molar-refractivity contribution >= 4 is 11.5 Å². The van der Waals surface area contributed by atoms with Crippen LogP contribution in [0.3, 0.4) is 0 Å². The molecule has 0 fully saturated rings. The molecule has 0 unspecified atom stereocenters. The minimum Gasteiger partial charge on any atom is -0.382 e. The van der Waals surface area contributed by atoms with Crippen molar-refractivity contribution < 1.29 is 4.52 Å². The Morgan fingerprint density at radius 3 is 3.07 bits per heavy atom. The first kappa shape index (κ1) is 9.51. The molecule has 15 heavy (non-hydrogen) atoms. The highest BCUT2D eigenvalue weighted by molar-refractivity contribution is 5.60. The SMILES string of the molecule is Cc1cc(CNc2cccnc2N)on1. The summed E-state index contributed by atoms with van der Waals surface area (Å²) in [5.74, 6) is 1.25. The van der Waals surface area contributed by atoms with Crippen molar-refractivity contribution in [1.29, 1.82) is 0 Å². The molecule has 0 aliphatic rings. The second kappa shape index (κ2) is 4.00. The molecule has 0 aliphatic carbocycles. The average molecular weight is 204 g/mol. The Labute approximate surface area is 87.3 Å². The zero-order chi connectivity index (χ0) is 10.7. The summed E-state index contributed by atoms with van der Waals surface area (Å²) in [6.07, 6.45) is 1.65. The second-order valence-electron chi connectivity index (χ2n) is 3.22. The standard InChI is InChI=1S/C10H12N4O/c1-7-5-8(15-14-7)6-13-9-3-2-4-12-10(9)11/h2-5,13H,6H2,1H3,(H2,11,12). The molecule has 0 radical (unpaired) electrons. The molecule has 5 nitrogen and oxygen atoms in total. The van der Waals surface area contributed by atoms with E-state index in [1.807, 2.05) is 25.1 Å². The fourth-order valence-corrected chi connectivity index (χ4v) is 1.25. The molecular formula is C10H12N4O. The van der Waals surface area contributed by atoms with Gasteiger partial charge in [0.05, 0.1) is 17.9 Å². The Balaban J connectivity index is 2.02. The number of nitrogens with two attached hydrogens (primary N) is 1. The molecule has 5 heteroatoms. The number of hydrogen-bond acceptors (Lipinski definition) is 5. The van der Waals surface area contributed by atoms with Crippen molar-refractivity contribution in [3.05, 3.63) is 35.9 Å². The average Bonchev–Trinajstić information content (AvgIpc) is 2.63. The Hall–Kier alpha value is -2.04. The summed E-state index contributed by atoms with van der Waals surface area (Å²) in [6.45, 7) is 2.43. The van der Waals surface area contributed by atoms with Gasteiger partial charge in [-0.2, -0.15) is 0 Å². The van der Waals surface area contributed by atoms with Crippen LogP contribution in [-0.4, -0.2) is 10.1 Å². The molecule has 2 rings (SSSR count). The topological polar surface area (TPSA) is 77.0 Å². The normalized spacial score (nSPS) is 10.2. The number of nitrogens with zero attached hydrogens (tertiary/aromatic N) is 2. The lowest BCUT2D eigenvalue weighted by atomic mass is 10.3. The van der Waals surface area contributed by atoms with Gasteiger partial charge in [0.25, 0.3) is 0 Å². The lowest BCUT2D eigenvalue weighted by Crippen LogP contribution is -2.02. The third-order valence-electron chi connectivity index (χ3n) is 1.97. The van der Waals surface area contributed by atoms with E-state index in [4.69, 9.17) is 10.3 Å². The quantitative estimate of drug-likeness (QED) is 0.793. The van der Waals surface area contributed by atoms with E-state index in [2.05, 4.69) is 15.5 Å². The highest BCUT2D eigenvalue weighted by Gasteiger charge is 2.02. The van der Waals surface area contributed by atoms with Crippen molar-refractivity contribution in [3.8, 4) is 0 Å². The molecule has 0 spiro atoms. The van der Waals surface area contributed by atoms with Crippen LogP contribution in [0.15, 0.2) is 28.9 Å². The number of aromatic nitrogens is 2. The smallest absolute Gasteiger partial charge is 0.156 e. The van der Waals surface area contributed by atoms with Crippen molar-refractivity contribution in [2.75, 3.05) is 11.1 Å². The lowest BCUT2D eigenvalue weighted by Gasteiger charge is -2.05. The number of pyridine rings is 1. The van der Waals surface area contributed by atoms with E-state index in [9.17, 15) is 0 Å². The van der Waals surface area contributed by atoms with Crippen molar-refractivity contribution in [1.82, 2.24) is 10.1 Å². The van der Waals surface area contributed by atoms with Gasteiger partial charge in [0.1, 0.15) is 5.82 Å². The summed E-state index contributed by atoms with van der Waals surface area (Å²) in [7, 11) is 0. The molecule has 78 valence electrons. The van der Waals surface area contributed by atoms with Crippen molar-refractivity contribution in [2.45, 2.75) is 13.5 Å². The monoisotopic (exact) mass is 204 g/mol. The van der Waals surface area contributed by atoms with Crippen LogP contribution in [0.4, 0.5) is 11.5 Å². The largest absolute Gasteiger partial charge is 0.382 e. The Morgan fingerprint density at radius 2 is 2.40 bits per heavy atom. The van der Waals surface area contributed by atoms with E-state index in [0.29, 0.717) is 12.4 Å². The molecule has 0 atom stereocenters. The maximum atomic E-state index is 5.67. The minimum absolute atomic E-state index is 0.480. The van der Waals surface area contributed by atoms with Crippen LogP contribution in [0.1, 0.15) is 11.5 Å². The molecule has 0 bridgehead atoms.